The molecule has 1 saturated heterocycles. The third-order valence-electron chi connectivity index (χ3n) is 6.23. The number of nitrogen functional groups attached to an aromatic ring is 1. The number of benzene rings is 1. The van der Waals surface area contributed by atoms with E-state index in [0.29, 0.717) is 31.5 Å². The minimum atomic E-state index is -0.879. The number of ether oxygens (including phenoxy) is 1. The Morgan fingerprint density at radius 3 is 2.80 bits per heavy atom. The predicted molar refractivity (Wildman–Crippen MR) is 133 cm³/mol. The van der Waals surface area contributed by atoms with Gasteiger partial charge in [0.1, 0.15) is 11.5 Å². The van der Waals surface area contributed by atoms with Crippen molar-refractivity contribution < 1.29 is 9.84 Å². The van der Waals surface area contributed by atoms with E-state index in [2.05, 4.69) is 42.4 Å². The van der Waals surface area contributed by atoms with Crippen LogP contribution in [0.15, 0.2) is 36.8 Å². The van der Waals surface area contributed by atoms with E-state index in [-0.39, 0.29) is 6.04 Å². The van der Waals surface area contributed by atoms with Gasteiger partial charge in [-0.1, -0.05) is 12.1 Å². The summed E-state index contributed by atoms with van der Waals surface area (Å²) in [5.41, 5.74) is 10.9. The van der Waals surface area contributed by atoms with E-state index >= 15 is 0 Å². The van der Waals surface area contributed by atoms with Gasteiger partial charge in [-0.05, 0) is 32.4 Å². The van der Waals surface area contributed by atoms with Gasteiger partial charge in [-0.2, -0.15) is 20.2 Å². The van der Waals surface area contributed by atoms with Crippen molar-refractivity contribution in [1.82, 2.24) is 34.5 Å². The minimum Gasteiger partial charge on any atom is -0.389 e. The number of aromatic nitrogens is 7. The van der Waals surface area contributed by atoms with Gasteiger partial charge < -0.3 is 25.5 Å². The van der Waals surface area contributed by atoms with Crippen molar-refractivity contribution in [1.29, 1.82) is 0 Å². The number of rotatable bonds is 6. The molecule has 0 spiro atoms. The molecule has 1 fully saturated rings. The van der Waals surface area contributed by atoms with Gasteiger partial charge in [0.25, 0.3) is 0 Å². The quantitative estimate of drug-likeness (QED) is 0.294. The summed E-state index contributed by atoms with van der Waals surface area (Å²) in [7, 11) is 0. The Kier molecular flexibility index (Phi) is 4.80. The summed E-state index contributed by atoms with van der Waals surface area (Å²) in [4.78, 5) is 9.46. The number of aromatic amines is 1. The molecule has 11 heteroatoms. The predicted octanol–water partition coefficient (Wildman–Crippen LogP) is 3.15. The van der Waals surface area contributed by atoms with Crippen molar-refractivity contribution in [3.05, 3.63) is 42.5 Å². The summed E-state index contributed by atoms with van der Waals surface area (Å²) in [6, 6.07) is 6.22. The average molecular weight is 474 g/mol. The largest absolute Gasteiger partial charge is 0.389 e. The number of hydrogen-bond donors (Lipinski definition) is 4. The monoisotopic (exact) mass is 473 g/mol. The standard InChI is InChI=1S/C24H27N9O2/c1-13-19(9-32(31-13)12-24(2,3)34)27-23-28-21(25)20-17(8-33(22(20)29-23)14-10-35-11-14)15-5-4-6-18-16(15)7-26-30-18/h4-9,14,34H,10-12H2,1-3H3,(H,26,30)(H3,25,27,28,29). The second-order valence-corrected chi connectivity index (χ2v) is 9.67. The van der Waals surface area contributed by atoms with Crippen LogP contribution in [-0.4, -0.2) is 58.4 Å². The summed E-state index contributed by atoms with van der Waals surface area (Å²) in [6.45, 7) is 6.99. The van der Waals surface area contributed by atoms with E-state index in [0.717, 1.165) is 44.4 Å². The Morgan fingerprint density at radius 1 is 1.23 bits per heavy atom. The molecule has 0 atom stereocenters. The SMILES string of the molecule is Cc1nn(CC(C)(C)O)cc1Nc1nc(N)c2c(-c3cccc4[nH]ncc34)cn(C3COC3)c2n1. The van der Waals surface area contributed by atoms with E-state index in [1.54, 1.807) is 18.5 Å². The highest BCUT2D eigenvalue weighted by Gasteiger charge is 2.27. The second-order valence-electron chi connectivity index (χ2n) is 9.67. The van der Waals surface area contributed by atoms with E-state index in [9.17, 15) is 5.11 Å². The first-order valence-corrected chi connectivity index (χ1v) is 11.5. The van der Waals surface area contributed by atoms with Gasteiger partial charge in [-0.3, -0.25) is 9.78 Å². The third kappa shape index (κ3) is 3.78. The van der Waals surface area contributed by atoms with Crippen molar-refractivity contribution in [2.75, 3.05) is 24.3 Å². The molecule has 0 radical (unpaired) electrons. The third-order valence-corrected chi connectivity index (χ3v) is 6.23. The van der Waals surface area contributed by atoms with E-state index < -0.39 is 5.60 Å². The van der Waals surface area contributed by atoms with Gasteiger partial charge in [0.15, 0.2) is 0 Å². The molecule has 35 heavy (non-hydrogen) atoms. The van der Waals surface area contributed by atoms with E-state index in [4.69, 9.17) is 15.5 Å². The molecule has 1 aliphatic rings. The Balaban J connectivity index is 1.46. The van der Waals surface area contributed by atoms with Gasteiger partial charge in [0.05, 0.1) is 59.9 Å². The molecule has 0 unspecified atom stereocenters. The molecule has 4 aromatic heterocycles. The Bertz CT molecular complexity index is 1550. The summed E-state index contributed by atoms with van der Waals surface area (Å²) in [6.07, 6.45) is 5.74. The lowest BCUT2D eigenvalue weighted by Gasteiger charge is -2.27. The zero-order chi connectivity index (χ0) is 24.3. The molecule has 1 aromatic carbocycles. The molecule has 5 heterocycles. The molecule has 1 aliphatic heterocycles. The number of anilines is 3. The smallest absolute Gasteiger partial charge is 0.231 e. The zero-order valence-electron chi connectivity index (χ0n) is 19.8. The highest BCUT2D eigenvalue weighted by Crippen LogP contribution is 2.39. The second kappa shape index (κ2) is 7.79. The van der Waals surface area contributed by atoms with Crippen LogP contribution < -0.4 is 11.1 Å². The number of H-pyrrole nitrogens is 1. The molecule has 0 aliphatic carbocycles. The Hall–Kier alpha value is -3.96. The van der Waals surface area contributed by atoms with Crippen LogP contribution >= 0.6 is 0 Å². The fourth-order valence-corrected chi connectivity index (χ4v) is 4.54. The average Bonchev–Trinajstić information content (AvgIpc) is 3.44. The number of nitrogens with zero attached hydrogens (tertiary/aromatic N) is 6. The number of hydrogen-bond acceptors (Lipinski definition) is 8. The van der Waals surface area contributed by atoms with Crippen molar-refractivity contribution in [3.8, 4) is 11.1 Å². The molecule has 5 aromatic rings. The first-order chi connectivity index (χ1) is 16.8. The highest BCUT2D eigenvalue weighted by molar-refractivity contribution is 6.07. The fourth-order valence-electron chi connectivity index (χ4n) is 4.54. The summed E-state index contributed by atoms with van der Waals surface area (Å²) in [5, 5.41) is 26.9. The van der Waals surface area contributed by atoms with Gasteiger partial charge >= 0.3 is 0 Å². The zero-order valence-corrected chi connectivity index (χ0v) is 19.8. The fraction of sp³-hybridized carbons (Fsp3) is 0.333. The lowest BCUT2D eigenvalue weighted by Crippen LogP contribution is -2.30. The van der Waals surface area contributed by atoms with Crippen LogP contribution in [0.1, 0.15) is 25.6 Å². The first-order valence-electron chi connectivity index (χ1n) is 11.5. The molecule has 5 N–H and O–H groups in total. The molecule has 11 nitrogen and oxygen atoms in total. The van der Waals surface area contributed by atoms with Crippen molar-refractivity contribution >= 4 is 39.4 Å². The normalized spacial score (nSPS) is 14.6. The maximum atomic E-state index is 10.1. The summed E-state index contributed by atoms with van der Waals surface area (Å²) in [5.74, 6) is 0.766. The van der Waals surface area contributed by atoms with E-state index in [1.165, 1.54) is 0 Å². The molecule has 180 valence electrons. The highest BCUT2D eigenvalue weighted by atomic mass is 16.5. The van der Waals surface area contributed by atoms with Crippen LogP contribution in [0.2, 0.25) is 0 Å². The molecule has 0 amide bonds. The van der Waals surface area contributed by atoms with E-state index in [1.807, 2.05) is 31.5 Å². The maximum Gasteiger partial charge on any atom is 0.231 e. The van der Waals surface area contributed by atoms with Crippen LogP contribution in [0.4, 0.5) is 17.5 Å². The molecule has 0 bridgehead atoms. The number of aliphatic hydroxyl groups is 1. The number of aryl methyl sites for hydroxylation is 1. The van der Waals surface area contributed by atoms with Crippen molar-refractivity contribution in [2.24, 2.45) is 0 Å². The van der Waals surface area contributed by atoms with Crippen LogP contribution in [0.25, 0.3) is 33.1 Å². The molecule has 0 saturated carbocycles. The Labute approximate surface area is 200 Å². The first kappa shape index (κ1) is 21.6. The maximum absolute atomic E-state index is 10.1. The molecule has 6 rings (SSSR count). The van der Waals surface area contributed by atoms with Crippen molar-refractivity contribution in [2.45, 2.75) is 39.0 Å². The molecular formula is C24H27N9O2. The lowest BCUT2D eigenvalue weighted by molar-refractivity contribution is -0.0215. The van der Waals surface area contributed by atoms with Crippen molar-refractivity contribution in [3.63, 3.8) is 0 Å². The van der Waals surface area contributed by atoms with Crippen LogP contribution in [-0.2, 0) is 11.3 Å². The van der Waals surface area contributed by atoms with Gasteiger partial charge in [-0.25, -0.2) is 0 Å². The number of fused-ring (bicyclic) bond motifs is 2. The van der Waals surface area contributed by atoms with Crippen LogP contribution in [0, 0.1) is 6.92 Å². The molecular weight excluding hydrogens is 446 g/mol. The van der Waals surface area contributed by atoms with Gasteiger partial charge in [0, 0.05) is 23.3 Å². The number of nitrogens with one attached hydrogen (secondary N) is 2. The minimum absolute atomic E-state index is 0.174. The van der Waals surface area contributed by atoms with Gasteiger partial charge in [-0.15, -0.1) is 0 Å². The lowest BCUT2D eigenvalue weighted by atomic mass is 10.0. The van der Waals surface area contributed by atoms with Gasteiger partial charge in [0.2, 0.25) is 5.95 Å². The van der Waals surface area contributed by atoms with Crippen LogP contribution in [0.5, 0.6) is 0 Å². The Morgan fingerprint density at radius 2 is 2.06 bits per heavy atom. The van der Waals surface area contributed by atoms with Crippen LogP contribution in [0.3, 0.4) is 0 Å². The summed E-state index contributed by atoms with van der Waals surface area (Å²) < 4.78 is 9.30. The number of nitrogens with two attached hydrogens (primary N) is 1. The topological polar surface area (TPSA) is 145 Å². The summed E-state index contributed by atoms with van der Waals surface area (Å²) >= 11 is 0.